The van der Waals surface area contributed by atoms with Gasteiger partial charge in [0.2, 0.25) is 0 Å². The van der Waals surface area contributed by atoms with Gasteiger partial charge in [0.15, 0.2) is 0 Å². The van der Waals surface area contributed by atoms with E-state index in [1.807, 2.05) is 19.9 Å². The summed E-state index contributed by atoms with van der Waals surface area (Å²) in [5, 5.41) is 22.4. The van der Waals surface area contributed by atoms with E-state index in [2.05, 4.69) is 5.32 Å². The summed E-state index contributed by atoms with van der Waals surface area (Å²) in [5.74, 6) is -0.204. The molecule has 0 radical (unpaired) electrons. The quantitative estimate of drug-likeness (QED) is 0.798. The Morgan fingerprint density at radius 3 is 2.40 bits per heavy atom. The zero-order valence-electron chi connectivity index (χ0n) is 11.5. The summed E-state index contributed by atoms with van der Waals surface area (Å²) in [5.41, 5.74) is 1.53. The molecule has 0 aliphatic rings. The monoisotopic (exact) mass is 275 g/mol. The van der Waals surface area contributed by atoms with Crippen LogP contribution in [0.4, 0.5) is 4.39 Å². The van der Waals surface area contributed by atoms with Crippen molar-refractivity contribution in [3.05, 3.63) is 59.4 Å². The summed E-state index contributed by atoms with van der Waals surface area (Å²) in [7, 11) is 0. The fourth-order valence-electron chi connectivity index (χ4n) is 2.24. The molecule has 2 aromatic carbocycles. The van der Waals surface area contributed by atoms with Crippen molar-refractivity contribution in [3.63, 3.8) is 0 Å². The van der Waals surface area contributed by atoms with Crippen molar-refractivity contribution >= 4 is 0 Å². The van der Waals surface area contributed by atoms with Gasteiger partial charge < -0.3 is 15.5 Å². The fraction of sp³-hybridized carbons (Fsp3) is 0.250. The zero-order chi connectivity index (χ0) is 14.7. The highest BCUT2D eigenvalue weighted by Crippen LogP contribution is 2.29. The van der Waals surface area contributed by atoms with Gasteiger partial charge in [-0.1, -0.05) is 18.2 Å². The standard InChI is InChI=1S/C16H18FNO2/c1-10(12-4-3-5-13(17)8-12)18-11(2)15-7-6-14(19)9-16(15)20/h3-11,18-20H,1-2H3/t10-,11?/m1/s1. The number of halogens is 1. The maximum atomic E-state index is 13.2. The molecular formula is C16H18FNO2. The number of rotatable bonds is 4. The van der Waals surface area contributed by atoms with Crippen molar-refractivity contribution in [2.24, 2.45) is 0 Å². The van der Waals surface area contributed by atoms with E-state index in [0.29, 0.717) is 5.56 Å². The highest BCUT2D eigenvalue weighted by molar-refractivity contribution is 5.40. The van der Waals surface area contributed by atoms with Crippen LogP contribution in [0.1, 0.15) is 37.1 Å². The van der Waals surface area contributed by atoms with Gasteiger partial charge in [0.1, 0.15) is 17.3 Å². The summed E-state index contributed by atoms with van der Waals surface area (Å²) in [6.07, 6.45) is 0. The van der Waals surface area contributed by atoms with Crippen LogP contribution in [0, 0.1) is 5.82 Å². The van der Waals surface area contributed by atoms with E-state index in [-0.39, 0.29) is 29.4 Å². The molecule has 0 fully saturated rings. The zero-order valence-corrected chi connectivity index (χ0v) is 11.5. The van der Waals surface area contributed by atoms with E-state index in [1.54, 1.807) is 12.1 Å². The van der Waals surface area contributed by atoms with E-state index in [4.69, 9.17) is 0 Å². The van der Waals surface area contributed by atoms with Gasteiger partial charge in [0.05, 0.1) is 0 Å². The molecule has 3 N–H and O–H groups in total. The Morgan fingerprint density at radius 2 is 1.75 bits per heavy atom. The molecule has 2 aromatic rings. The normalized spacial score (nSPS) is 13.9. The number of hydrogen-bond donors (Lipinski definition) is 3. The van der Waals surface area contributed by atoms with Crippen molar-refractivity contribution < 1.29 is 14.6 Å². The highest BCUT2D eigenvalue weighted by atomic mass is 19.1. The lowest BCUT2D eigenvalue weighted by atomic mass is 10.0. The third-order valence-corrected chi connectivity index (χ3v) is 3.33. The van der Waals surface area contributed by atoms with E-state index in [9.17, 15) is 14.6 Å². The van der Waals surface area contributed by atoms with Crippen LogP contribution in [-0.4, -0.2) is 10.2 Å². The van der Waals surface area contributed by atoms with Crippen LogP contribution in [0.15, 0.2) is 42.5 Å². The average molecular weight is 275 g/mol. The lowest BCUT2D eigenvalue weighted by molar-refractivity contribution is 0.427. The van der Waals surface area contributed by atoms with Crippen LogP contribution in [0.25, 0.3) is 0 Å². The van der Waals surface area contributed by atoms with Gasteiger partial charge in [-0.15, -0.1) is 0 Å². The predicted molar refractivity (Wildman–Crippen MR) is 76.1 cm³/mol. The summed E-state index contributed by atoms with van der Waals surface area (Å²) < 4.78 is 13.2. The highest BCUT2D eigenvalue weighted by Gasteiger charge is 2.14. The second kappa shape index (κ2) is 5.92. The van der Waals surface area contributed by atoms with Crippen LogP contribution in [0.5, 0.6) is 11.5 Å². The maximum absolute atomic E-state index is 13.2. The number of nitrogens with one attached hydrogen (secondary N) is 1. The third kappa shape index (κ3) is 3.27. The molecule has 0 amide bonds. The minimum atomic E-state index is -0.267. The SMILES string of the molecule is CC(N[C@H](C)c1cccc(F)c1)c1ccc(O)cc1O. The predicted octanol–water partition coefficient (Wildman–Crippen LogP) is 3.65. The molecule has 0 bridgehead atoms. The van der Waals surface area contributed by atoms with Gasteiger partial charge in [-0.2, -0.15) is 0 Å². The number of aromatic hydroxyl groups is 2. The first-order valence-electron chi connectivity index (χ1n) is 6.50. The molecule has 1 unspecified atom stereocenters. The Morgan fingerprint density at radius 1 is 1.00 bits per heavy atom. The fourth-order valence-corrected chi connectivity index (χ4v) is 2.24. The second-order valence-electron chi connectivity index (χ2n) is 4.91. The van der Waals surface area contributed by atoms with Crippen LogP contribution in [0.2, 0.25) is 0 Å². The van der Waals surface area contributed by atoms with Crippen LogP contribution in [0.3, 0.4) is 0 Å². The molecule has 0 spiro atoms. The smallest absolute Gasteiger partial charge is 0.124 e. The lowest BCUT2D eigenvalue weighted by Gasteiger charge is -2.21. The molecule has 0 saturated heterocycles. The topological polar surface area (TPSA) is 52.5 Å². The Balaban J connectivity index is 2.12. The molecular weight excluding hydrogens is 257 g/mol. The van der Waals surface area contributed by atoms with Gasteiger partial charge >= 0.3 is 0 Å². The largest absolute Gasteiger partial charge is 0.508 e. The number of phenolic OH excluding ortho intramolecular Hbond substituents is 2. The van der Waals surface area contributed by atoms with Gasteiger partial charge in [0.25, 0.3) is 0 Å². The summed E-state index contributed by atoms with van der Waals surface area (Å²) in [4.78, 5) is 0. The first-order valence-corrected chi connectivity index (χ1v) is 6.50. The molecule has 0 heterocycles. The Bertz CT molecular complexity index is 601. The van der Waals surface area contributed by atoms with Gasteiger partial charge in [-0.05, 0) is 37.6 Å². The minimum absolute atomic E-state index is 0.0247. The van der Waals surface area contributed by atoms with Crippen LogP contribution < -0.4 is 5.32 Å². The van der Waals surface area contributed by atoms with E-state index >= 15 is 0 Å². The summed E-state index contributed by atoms with van der Waals surface area (Å²) in [6.45, 7) is 3.84. The summed E-state index contributed by atoms with van der Waals surface area (Å²) >= 11 is 0. The lowest BCUT2D eigenvalue weighted by Crippen LogP contribution is -2.22. The van der Waals surface area contributed by atoms with Crippen molar-refractivity contribution in [2.45, 2.75) is 25.9 Å². The van der Waals surface area contributed by atoms with Crippen molar-refractivity contribution in [1.29, 1.82) is 0 Å². The van der Waals surface area contributed by atoms with Crippen molar-refractivity contribution in [3.8, 4) is 11.5 Å². The molecule has 0 aliphatic heterocycles. The summed E-state index contributed by atoms with van der Waals surface area (Å²) in [6, 6.07) is 10.7. The van der Waals surface area contributed by atoms with Crippen LogP contribution >= 0.6 is 0 Å². The van der Waals surface area contributed by atoms with Gasteiger partial charge in [-0.3, -0.25) is 0 Å². The first kappa shape index (κ1) is 14.3. The van der Waals surface area contributed by atoms with Gasteiger partial charge in [0, 0.05) is 23.7 Å². The molecule has 106 valence electrons. The third-order valence-electron chi connectivity index (χ3n) is 3.33. The molecule has 4 heteroatoms. The molecule has 2 rings (SSSR count). The molecule has 0 saturated carbocycles. The first-order chi connectivity index (χ1) is 9.47. The Labute approximate surface area is 117 Å². The number of hydrogen-bond acceptors (Lipinski definition) is 3. The Kier molecular flexibility index (Phi) is 4.25. The van der Waals surface area contributed by atoms with Gasteiger partial charge in [-0.25, -0.2) is 4.39 Å². The van der Waals surface area contributed by atoms with Crippen LogP contribution in [-0.2, 0) is 0 Å². The van der Waals surface area contributed by atoms with E-state index in [0.717, 1.165) is 5.56 Å². The number of phenols is 2. The molecule has 2 atom stereocenters. The van der Waals surface area contributed by atoms with E-state index in [1.165, 1.54) is 24.3 Å². The minimum Gasteiger partial charge on any atom is -0.508 e. The van der Waals surface area contributed by atoms with Crippen molar-refractivity contribution in [2.75, 3.05) is 0 Å². The molecule has 20 heavy (non-hydrogen) atoms. The Hall–Kier alpha value is -2.07. The molecule has 3 nitrogen and oxygen atoms in total. The second-order valence-corrected chi connectivity index (χ2v) is 4.91. The maximum Gasteiger partial charge on any atom is 0.124 e. The van der Waals surface area contributed by atoms with E-state index < -0.39 is 0 Å². The van der Waals surface area contributed by atoms with Crippen molar-refractivity contribution in [1.82, 2.24) is 5.32 Å². The average Bonchev–Trinajstić information content (AvgIpc) is 2.38. The molecule has 0 aromatic heterocycles. The number of benzene rings is 2. The molecule has 0 aliphatic carbocycles.